The van der Waals surface area contributed by atoms with Crippen LogP contribution in [0, 0.1) is 11.9 Å². The molecule has 0 saturated carbocycles. The minimum Gasteiger partial charge on any atom is -0.411 e. The highest BCUT2D eigenvalue weighted by atomic mass is 19.1. The molecule has 0 aliphatic carbocycles. The summed E-state index contributed by atoms with van der Waals surface area (Å²) >= 11 is 0. The molecule has 1 N–H and O–H groups in total. The predicted molar refractivity (Wildman–Crippen MR) is 34.6 cm³/mol. The minimum atomic E-state index is -0.514. The maximum absolute atomic E-state index is 12.5. The van der Waals surface area contributed by atoms with Crippen LogP contribution in [0.2, 0.25) is 0 Å². The normalized spacial score (nSPS) is 10.5. The Hall–Kier alpha value is -1.38. The highest BCUT2D eigenvalue weighted by molar-refractivity contribution is 5.79. The van der Waals surface area contributed by atoms with Crippen molar-refractivity contribution in [2.75, 3.05) is 0 Å². The van der Waals surface area contributed by atoms with Crippen LogP contribution in [0.15, 0.2) is 23.4 Å². The monoisotopic (exact) mass is 138 g/mol. The molecule has 0 amide bonds. The second kappa shape index (κ2) is 2.96. The molecule has 0 bridgehead atoms. The summed E-state index contributed by atoms with van der Waals surface area (Å²) in [4.78, 5) is 0. The summed E-state index contributed by atoms with van der Waals surface area (Å²) in [5, 5.41) is 10.7. The lowest BCUT2D eigenvalue weighted by Gasteiger charge is -1.90. The van der Waals surface area contributed by atoms with E-state index in [9.17, 15) is 4.39 Å². The van der Waals surface area contributed by atoms with Crippen LogP contribution in [-0.2, 0) is 0 Å². The highest BCUT2D eigenvalue weighted by Gasteiger charge is 1.94. The largest absolute Gasteiger partial charge is 0.411 e. The lowest BCUT2D eigenvalue weighted by Crippen LogP contribution is -1.85. The number of nitrogens with zero attached hydrogens (tertiary/aromatic N) is 1. The van der Waals surface area contributed by atoms with E-state index in [0.29, 0.717) is 0 Å². The molecule has 10 heavy (non-hydrogen) atoms. The number of benzene rings is 1. The van der Waals surface area contributed by atoms with Gasteiger partial charge in [-0.25, -0.2) is 4.39 Å². The van der Waals surface area contributed by atoms with Crippen molar-refractivity contribution in [1.29, 1.82) is 0 Å². The van der Waals surface area contributed by atoms with Crippen LogP contribution in [0.1, 0.15) is 5.56 Å². The van der Waals surface area contributed by atoms with E-state index in [1.807, 2.05) is 0 Å². The first kappa shape index (κ1) is 6.74. The standard InChI is InChI=1S/C7H5FNO/c8-7-4-2-1-3-6(7)5-9-10/h1-3,5,10H. The third kappa shape index (κ3) is 1.31. The van der Waals surface area contributed by atoms with Crippen molar-refractivity contribution in [3.8, 4) is 0 Å². The Morgan fingerprint density at radius 1 is 1.70 bits per heavy atom. The first-order chi connectivity index (χ1) is 4.84. The molecule has 3 heteroatoms. The van der Waals surface area contributed by atoms with Gasteiger partial charge < -0.3 is 5.21 Å². The molecule has 1 aromatic rings. The van der Waals surface area contributed by atoms with Crippen LogP contribution in [0.3, 0.4) is 0 Å². The van der Waals surface area contributed by atoms with E-state index in [2.05, 4.69) is 11.2 Å². The van der Waals surface area contributed by atoms with E-state index in [4.69, 9.17) is 5.21 Å². The fourth-order valence-corrected chi connectivity index (χ4v) is 0.591. The molecule has 0 atom stereocenters. The number of halogens is 1. The lowest BCUT2D eigenvalue weighted by atomic mass is 10.2. The smallest absolute Gasteiger partial charge is 0.140 e. The molecule has 0 spiro atoms. The quantitative estimate of drug-likeness (QED) is 0.355. The zero-order chi connectivity index (χ0) is 7.40. The molecule has 1 rings (SSSR count). The van der Waals surface area contributed by atoms with E-state index in [-0.39, 0.29) is 5.56 Å². The zero-order valence-electron chi connectivity index (χ0n) is 5.08. The number of hydrogen-bond donors (Lipinski definition) is 1. The fourth-order valence-electron chi connectivity index (χ4n) is 0.591. The summed E-state index contributed by atoms with van der Waals surface area (Å²) in [6, 6.07) is 6.87. The van der Waals surface area contributed by atoms with Crippen molar-refractivity contribution >= 4 is 6.21 Å². The lowest BCUT2D eigenvalue weighted by molar-refractivity contribution is 0.321. The van der Waals surface area contributed by atoms with Gasteiger partial charge in [-0.1, -0.05) is 23.4 Å². The van der Waals surface area contributed by atoms with E-state index in [1.54, 1.807) is 6.07 Å². The molecule has 1 aromatic carbocycles. The number of oxime groups is 1. The van der Waals surface area contributed by atoms with Crippen molar-refractivity contribution in [3.05, 3.63) is 35.6 Å². The van der Waals surface area contributed by atoms with Gasteiger partial charge >= 0.3 is 0 Å². The van der Waals surface area contributed by atoms with Gasteiger partial charge in [0.2, 0.25) is 0 Å². The minimum absolute atomic E-state index is 0.227. The molecule has 0 heterocycles. The van der Waals surface area contributed by atoms with Gasteiger partial charge in [-0.05, 0) is 0 Å². The van der Waals surface area contributed by atoms with E-state index >= 15 is 0 Å². The molecular formula is C7H5FNO. The van der Waals surface area contributed by atoms with Gasteiger partial charge in [-0.15, -0.1) is 0 Å². The third-order valence-corrected chi connectivity index (χ3v) is 1.03. The second-order valence-corrected chi connectivity index (χ2v) is 1.68. The maximum Gasteiger partial charge on any atom is 0.140 e. The Balaban J connectivity index is 3.03. The Morgan fingerprint density at radius 2 is 2.50 bits per heavy atom. The first-order valence-corrected chi connectivity index (χ1v) is 2.68. The van der Waals surface area contributed by atoms with Gasteiger partial charge in [0, 0.05) is 11.6 Å². The van der Waals surface area contributed by atoms with Crippen molar-refractivity contribution in [1.82, 2.24) is 0 Å². The van der Waals surface area contributed by atoms with E-state index in [1.165, 1.54) is 12.1 Å². The molecule has 0 aliphatic heterocycles. The van der Waals surface area contributed by atoms with Crippen LogP contribution in [-0.4, -0.2) is 11.4 Å². The van der Waals surface area contributed by atoms with Gasteiger partial charge in [0.05, 0.1) is 6.21 Å². The van der Waals surface area contributed by atoms with Crippen LogP contribution >= 0.6 is 0 Å². The van der Waals surface area contributed by atoms with Gasteiger partial charge in [0.1, 0.15) is 5.82 Å². The molecule has 0 unspecified atom stereocenters. The first-order valence-electron chi connectivity index (χ1n) is 2.68. The summed E-state index contributed by atoms with van der Waals surface area (Å²) in [6.45, 7) is 0. The summed E-state index contributed by atoms with van der Waals surface area (Å²) in [5.74, 6) is -0.514. The Kier molecular flexibility index (Phi) is 1.99. The Morgan fingerprint density at radius 3 is 3.10 bits per heavy atom. The van der Waals surface area contributed by atoms with Crippen molar-refractivity contribution in [2.24, 2.45) is 5.16 Å². The summed E-state index contributed by atoms with van der Waals surface area (Å²) < 4.78 is 12.5. The maximum atomic E-state index is 12.5. The molecule has 0 fully saturated rings. The number of hydrogen-bond acceptors (Lipinski definition) is 2. The van der Waals surface area contributed by atoms with Crippen LogP contribution in [0.5, 0.6) is 0 Å². The average Bonchev–Trinajstić information content (AvgIpc) is 1.94. The summed E-state index contributed by atoms with van der Waals surface area (Å²) in [7, 11) is 0. The van der Waals surface area contributed by atoms with Crippen LogP contribution < -0.4 is 0 Å². The topological polar surface area (TPSA) is 32.6 Å². The van der Waals surface area contributed by atoms with Crippen LogP contribution in [0.25, 0.3) is 0 Å². The van der Waals surface area contributed by atoms with Crippen LogP contribution in [0.4, 0.5) is 4.39 Å². The summed E-state index contributed by atoms with van der Waals surface area (Å²) in [5.41, 5.74) is 0.227. The molecule has 0 aromatic heterocycles. The second-order valence-electron chi connectivity index (χ2n) is 1.68. The van der Waals surface area contributed by atoms with Crippen molar-refractivity contribution in [2.45, 2.75) is 0 Å². The number of rotatable bonds is 1. The fraction of sp³-hybridized carbons (Fsp3) is 0. The van der Waals surface area contributed by atoms with E-state index in [0.717, 1.165) is 6.21 Å². The zero-order valence-corrected chi connectivity index (χ0v) is 5.08. The molecule has 51 valence electrons. The SMILES string of the molecule is ON=Cc1ccc[c]c1F. The van der Waals surface area contributed by atoms with Gasteiger partial charge in [-0.3, -0.25) is 0 Å². The Labute approximate surface area is 57.6 Å². The van der Waals surface area contributed by atoms with Gasteiger partial charge in [0.25, 0.3) is 0 Å². The van der Waals surface area contributed by atoms with Crippen molar-refractivity contribution in [3.63, 3.8) is 0 Å². The summed E-state index contributed by atoms with van der Waals surface area (Å²) in [6.07, 6.45) is 1.02. The predicted octanol–water partition coefficient (Wildman–Crippen LogP) is 1.43. The molecule has 2 nitrogen and oxygen atoms in total. The van der Waals surface area contributed by atoms with Gasteiger partial charge in [0.15, 0.2) is 0 Å². The molecular weight excluding hydrogens is 133 g/mol. The van der Waals surface area contributed by atoms with E-state index < -0.39 is 5.82 Å². The molecule has 0 aliphatic rings. The molecule has 0 saturated heterocycles. The third-order valence-electron chi connectivity index (χ3n) is 1.03. The molecule has 1 radical (unpaired) electrons. The Bertz CT molecular complexity index is 247. The van der Waals surface area contributed by atoms with Gasteiger partial charge in [-0.2, -0.15) is 0 Å². The highest BCUT2D eigenvalue weighted by Crippen LogP contribution is 2.01. The average molecular weight is 138 g/mol. The van der Waals surface area contributed by atoms with Crippen molar-refractivity contribution < 1.29 is 9.60 Å².